The summed E-state index contributed by atoms with van der Waals surface area (Å²) in [5.41, 5.74) is 4.46. The second-order valence-corrected chi connectivity index (χ2v) is 8.94. The fraction of sp³-hybridized carbons (Fsp3) is 0.370. The molecule has 1 aromatic heterocycles. The molecule has 2 heterocycles. The van der Waals surface area contributed by atoms with E-state index in [4.69, 9.17) is 4.42 Å². The maximum Gasteiger partial charge on any atom is 0.322 e. The maximum absolute atomic E-state index is 13.4. The Hall–Kier alpha value is -3.05. The van der Waals surface area contributed by atoms with E-state index in [1.54, 1.807) is 0 Å². The van der Waals surface area contributed by atoms with Gasteiger partial charge in [0.1, 0.15) is 11.5 Å². The van der Waals surface area contributed by atoms with E-state index in [1.165, 1.54) is 5.56 Å². The molecule has 0 atom stereocenters. The van der Waals surface area contributed by atoms with Crippen molar-refractivity contribution in [3.63, 3.8) is 0 Å². The number of rotatable bonds is 6. The average molecular weight is 432 g/mol. The van der Waals surface area contributed by atoms with Crippen molar-refractivity contribution in [1.82, 2.24) is 9.80 Å². The molecule has 0 unspecified atom stereocenters. The van der Waals surface area contributed by atoms with Gasteiger partial charge >= 0.3 is 6.03 Å². The Kier molecular flexibility index (Phi) is 6.96. The van der Waals surface area contributed by atoms with Crippen molar-refractivity contribution in [2.24, 2.45) is 0 Å². The van der Waals surface area contributed by atoms with Crippen LogP contribution in [0.4, 0.5) is 10.5 Å². The van der Waals surface area contributed by atoms with Crippen molar-refractivity contribution in [2.45, 2.75) is 52.7 Å². The molecule has 0 spiro atoms. The zero-order chi connectivity index (χ0) is 22.5. The number of hydrogen-bond acceptors (Lipinski definition) is 3. The second-order valence-electron chi connectivity index (χ2n) is 8.94. The molecule has 2 aromatic carbocycles. The van der Waals surface area contributed by atoms with Crippen LogP contribution < -0.4 is 5.32 Å². The first kappa shape index (κ1) is 22.2. The third-order valence-electron chi connectivity index (χ3n) is 6.10. The topological polar surface area (TPSA) is 48.7 Å². The van der Waals surface area contributed by atoms with Gasteiger partial charge < -0.3 is 14.6 Å². The number of likely N-dealkylation sites (tertiary alicyclic amines) is 1. The van der Waals surface area contributed by atoms with Crippen molar-refractivity contribution < 1.29 is 9.21 Å². The van der Waals surface area contributed by atoms with E-state index >= 15 is 0 Å². The number of urea groups is 1. The Balaban J connectivity index is 1.45. The molecular formula is C27H33N3O2. The number of nitrogens with zero attached hydrogens (tertiary/aromatic N) is 2. The van der Waals surface area contributed by atoms with Crippen LogP contribution in [-0.4, -0.2) is 35.0 Å². The minimum atomic E-state index is -0.0643. The number of benzene rings is 2. The van der Waals surface area contributed by atoms with Crippen LogP contribution in [0.25, 0.3) is 0 Å². The highest BCUT2D eigenvalue weighted by molar-refractivity contribution is 5.89. The Labute approximate surface area is 191 Å². The van der Waals surface area contributed by atoms with Gasteiger partial charge in [-0.15, -0.1) is 0 Å². The molecule has 0 aliphatic carbocycles. The first-order valence-corrected chi connectivity index (χ1v) is 11.4. The molecule has 4 rings (SSSR count). The van der Waals surface area contributed by atoms with E-state index in [2.05, 4.69) is 60.5 Å². The number of furan rings is 1. The van der Waals surface area contributed by atoms with Crippen LogP contribution in [0.3, 0.4) is 0 Å². The van der Waals surface area contributed by atoms with Crippen molar-refractivity contribution in [3.05, 3.63) is 88.9 Å². The van der Waals surface area contributed by atoms with Crippen molar-refractivity contribution >= 4 is 11.7 Å². The molecule has 1 fully saturated rings. The summed E-state index contributed by atoms with van der Waals surface area (Å²) >= 11 is 0. The number of amides is 2. The highest BCUT2D eigenvalue weighted by Gasteiger charge is 2.29. The van der Waals surface area contributed by atoms with E-state index in [1.807, 2.05) is 36.1 Å². The summed E-state index contributed by atoms with van der Waals surface area (Å²) in [6.07, 6.45) is 1.90. The van der Waals surface area contributed by atoms with Crippen LogP contribution in [0, 0.1) is 20.8 Å². The second kappa shape index (κ2) is 10.0. The summed E-state index contributed by atoms with van der Waals surface area (Å²) in [4.78, 5) is 17.8. The van der Waals surface area contributed by atoms with Crippen LogP contribution in [0.5, 0.6) is 0 Å². The maximum atomic E-state index is 13.4. The molecule has 1 N–H and O–H groups in total. The lowest BCUT2D eigenvalue weighted by molar-refractivity contribution is 0.115. The summed E-state index contributed by atoms with van der Waals surface area (Å²) < 4.78 is 5.81. The number of anilines is 1. The molecule has 0 bridgehead atoms. The molecule has 168 valence electrons. The predicted molar refractivity (Wildman–Crippen MR) is 129 cm³/mol. The zero-order valence-corrected chi connectivity index (χ0v) is 19.3. The molecule has 0 saturated carbocycles. The lowest BCUT2D eigenvalue weighted by Gasteiger charge is -2.38. The van der Waals surface area contributed by atoms with Crippen molar-refractivity contribution in [2.75, 3.05) is 18.4 Å². The molecule has 1 aliphatic heterocycles. The molecule has 5 nitrogen and oxygen atoms in total. The normalized spacial score (nSPS) is 15.0. The van der Waals surface area contributed by atoms with Crippen LogP contribution in [0.2, 0.25) is 0 Å². The standard InChI is InChI=1S/C27H33N3O2/c1-20-15-21(2)17-24(16-20)28-27(31)30(19-26-10-9-22(3)32-26)25-11-13-29(14-12-25)18-23-7-5-4-6-8-23/h4-10,15-17,25H,11-14,18-19H2,1-3H3,(H,28,31). The van der Waals surface area contributed by atoms with Gasteiger partial charge in [0.15, 0.2) is 0 Å². The Morgan fingerprint density at radius 2 is 1.69 bits per heavy atom. The van der Waals surface area contributed by atoms with E-state index in [9.17, 15) is 4.79 Å². The van der Waals surface area contributed by atoms with Crippen LogP contribution in [-0.2, 0) is 13.1 Å². The Morgan fingerprint density at radius 3 is 2.31 bits per heavy atom. The SMILES string of the molecule is Cc1cc(C)cc(NC(=O)N(Cc2ccc(C)o2)C2CCN(Cc3ccccc3)CC2)c1. The lowest BCUT2D eigenvalue weighted by Crippen LogP contribution is -2.48. The van der Waals surface area contributed by atoms with Gasteiger partial charge in [-0.1, -0.05) is 36.4 Å². The Bertz CT molecular complexity index is 1020. The van der Waals surface area contributed by atoms with Gasteiger partial charge in [0.2, 0.25) is 0 Å². The molecule has 3 aromatic rings. The fourth-order valence-electron chi connectivity index (χ4n) is 4.58. The number of nitrogens with one attached hydrogen (secondary N) is 1. The van der Waals surface area contributed by atoms with Gasteiger partial charge in [-0.05, 0) is 74.6 Å². The third-order valence-corrected chi connectivity index (χ3v) is 6.10. The highest BCUT2D eigenvalue weighted by atomic mass is 16.3. The number of hydrogen-bond donors (Lipinski definition) is 1. The summed E-state index contributed by atoms with van der Waals surface area (Å²) in [7, 11) is 0. The molecule has 32 heavy (non-hydrogen) atoms. The minimum absolute atomic E-state index is 0.0643. The monoisotopic (exact) mass is 431 g/mol. The number of piperidine rings is 1. The van der Waals surface area contributed by atoms with E-state index in [0.29, 0.717) is 6.54 Å². The fourth-order valence-corrected chi connectivity index (χ4v) is 4.58. The molecule has 0 radical (unpaired) electrons. The molecule has 5 heteroatoms. The quantitative estimate of drug-likeness (QED) is 0.528. The molecule has 2 amide bonds. The molecule has 1 saturated heterocycles. The van der Waals surface area contributed by atoms with Gasteiger partial charge in [-0.2, -0.15) is 0 Å². The van der Waals surface area contributed by atoms with E-state index < -0.39 is 0 Å². The first-order chi connectivity index (χ1) is 15.5. The van der Waals surface area contributed by atoms with Crippen LogP contribution in [0.1, 0.15) is 41.1 Å². The van der Waals surface area contributed by atoms with Gasteiger partial charge in [-0.25, -0.2) is 4.79 Å². The van der Waals surface area contributed by atoms with Gasteiger partial charge in [-0.3, -0.25) is 4.90 Å². The zero-order valence-electron chi connectivity index (χ0n) is 19.3. The Morgan fingerprint density at radius 1 is 1.00 bits per heavy atom. The average Bonchev–Trinajstić information content (AvgIpc) is 3.17. The van der Waals surface area contributed by atoms with Gasteiger partial charge in [0.25, 0.3) is 0 Å². The van der Waals surface area contributed by atoms with Gasteiger partial charge in [0.05, 0.1) is 6.54 Å². The van der Waals surface area contributed by atoms with Crippen LogP contribution in [0.15, 0.2) is 65.1 Å². The molecule has 1 aliphatic rings. The smallest absolute Gasteiger partial charge is 0.322 e. The third kappa shape index (κ3) is 5.80. The van der Waals surface area contributed by atoms with E-state index in [-0.39, 0.29) is 12.1 Å². The summed E-state index contributed by atoms with van der Waals surface area (Å²) in [6.45, 7) is 9.43. The van der Waals surface area contributed by atoms with Gasteiger partial charge in [0, 0.05) is 31.4 Å². The number of aryl methyl sites for hydroxylation is 3. The number of carbonyl (C=O) groups excluding carboxylic acids is 1. The number of carbonyl (C=O) groups is 1. The first-order valence-electron chi connectivity index (χ1n) is 11.4. The van der Waals surface area contributed by atoms with Crippen molar-refractivity contribution in [3.8, 4) is 0 Å². The van der Waals surface area contributed by atoms with Crippen LogP contribution >= 0.6 is 0 Å². The van der Waals surface area contributed by atoms with Crippen molar-refractivity contribution in [1.29, 1.82) is 0 Å². The van der Waals surface area contributed by atoms with E-state index in [0.717, 1.165) is 60.8 Å². The molecular weight excluding hydrogens is 398 g/mol. The highest BCUT2D eigenvalue weighted by Crippen LogP contribution is 2.23. The largest absolute Gasteiger partial charge is 0.464 e. The summed E-state index contributed by atoms with van der Waals surface area (Å²) in [5, 5.41) is 3.13. The summed E-state index contributed by atoms with van der Waals surface area (Å²) in [5.74, 6) is 1.69. The lowest BCUT2D eigenvalue weighted by atomic mass is 10.0. The predicted octanol–water partition coefficient (Wildman–Crippen LogP) is 5.90. The summed E-state index contributed by atoms with van der Waals surface area (Å²) in [6, 6.07) is 20.8. The minimum Gasteiger partial charge on any atom is -0.464 e.